The topological polar surface area (TPSA) is 0 Å². The molecule has 0 fully saturated rings. The van der Waals surface area contributed by atoms with Gasteiger partial charge >= 0.3 is 0 Å². The minimum atomic E-state index is 1.04. The van der Waals surface area contributed by atoms with Crippen LogP contribution in [0.3, 0.4) is 0 Å². The van der Waals surface area contributed by atoms with Crippen molar-refractivity contribution >= 4 is 12.7 Å². The van der Waals surface area contributed by atoms with E-state index in [0.717, 1.165) is 7.28 Å². The molecule has 124 valence electrons. The summed E-state index contributed by atoms with van der Waals surface area (Å²) in [6, 6.07) is 36.9. The van der Waals surface area contributed by atoms with Gasteiger partial charge in [0.05, 0.1) is 0 Å². The highest BCUT2D eigenvalue weighted by Gasteiger charge is 2.06. The quantitative estimate of drug-likeness (QED) is 0.415. The summed E-state index contributed by atoms with van der Waals surface area (Å²) in [6.45, 7) is 2.21. The van der Waals surface area contributed by atoms with Gasteiger partial charge in [0.15, 0.2) is 7.28 Å². The summed E-state index contributed by atoms with van der Waals surface area (Å²) in [5, 5.41) is 0. The number of benzene rings is 4. The monoisotopic (exact) mass is 332 g/mol. The SMILES string of the molecule is CBc1cc(-c2ccccc2)cc(-c2ccc(-c3ccccc3)cc2)c1. The first-order chi connectivity index (χ1) is 12.8. The maximum absolute atomic E-state index is 2.31. The zero-order valence-electron chi connectivity index (χ0n) is 15.0. The Morgan fingerprint density at radius 2 is 0.808 bits per heavy atom. The van der Waals surface area contributed by atoms with E-state index in [1.807, 2.05) is 0 Å². The summed E-state index contributed by atoms with van der Waals surface area (Å²) in [6.07, 6.45) is 0. The molecule has 0 bridgehead atoms. The van der Waals surface area contributed by atoms with Crippen molar-refractivity contribution in [1.29, 1.82) is 0 Å². The lowest BCUT2D eigenvalue weighted by molar-refractivity contribution is 1.58. The van der Waals surface area contributed by atoms with Crippen molar-refractivity contribution in [2.24, 2.45) is 0 Å². The van der Waals surface area contributed by atoms with E-state index in [2.05, 4.69) is 110 Å². The number of hydrogen-bond donors (Lipinski definition) is 0. The Bertz CT molecular complexity index is 987. The molecule has 0 saturated heterocycles. The predicted molar refractivity (Wildman–Crippen MR) is 115 cm³/mol. The van der Waals surface area contributed by atoms with Crippen molar-refractivity contribution in [3.8, 4) is 33.4 Å². The van der Waals surface area contributed by atoms with E-state index in [9.17, 15) is 0 Å². The Morgan fingerprint density at radius 1 is 0.423 bits per heavy atom. The molecule has 0 N–H and O–H groups in total. The van der Waals surface area contributed by atoms with Crippen LogP contribution in [-0.2, 0) is 0 Å². The molecule has 0 atom stereocenters. The molecular weight excluding hydrogens is 311 g/mol. The van der Waals surface area contributed by atoms with E-state index in [1.165, 1.54) is 38.8 Å². The van der Waals surface area contributed by atoms with E-state index in [1.54, 1.807) is 0 Å². The van der Waals surface area contributed by atoms with E-state index in [4.69, 9.17) is 0 Å². The maximum Gasteiger partial charge on any atom is 0.154 e. The van der Waals surface area contributed by atoms with Crippen LogP contribution in [0.2, 0.25) is 6.82 Å². The second-order valence-electron chi connectivity index (χ2n) is 6.58. The molecule has 0 spiro atoms. The van der Waals surface area contributed by atoms with Crippen LogP contribution in [0.5, 0.6) is 0 Å². The van der Waals surface area contributed by atoms with Gasteiger partial charge < -0.3 is 0 Å². The molecule has 0 heterocycles. The van der Waals surface area contributed by atoms with Crippen LogP contribution in [0, 0.1) is 0 Å². The first-order valence-electron chi connectivity index (χ1n) is 9.19. The lowest BCUT2D eigenvalue weighted by Gasteiger charge is -2.10. The van der Waals surface area contributed by atoms with Gasteiger partial charge in [0.2, 0.25) is 0 Å². The molecule has 1 heteroatoms. The van der Waals surface area contributed by atoms with Crippen LogP contribution in [0.15, 0.2) is 103 Å². The second-order valence-corrected chi connectivity index (χ2v) is 6.58. The van der Waals surface area contributed by atoms with Crippen LogP contribution < -0.4 is 5.46 Å². The molecule has 4 aromatic carbocycles. The van der Waals surface area contributed by atoms with E-state index < -0.39 is 0 Å². The van der Waals surface area contributed by atoms with Crippen molar-refractivity contribution < 1.29 is 0 Å². The molecule has 0 aliphatic heterocycles. The third kappa shape index (κ3) is 3.48. The molecule has 4 aromatic rings. The summed E-state index contributed by atoms with van der Waals surface area (Å²) < 4.78 is 0. The lowest BCUT2D eigenvalue weighted by atomic mass is 9.71. The fourth-order valence-electron chi connectivity index (χ4n) is 3.35. The fraction of sp³-hybridized carbons (Fsp3) is 0.0400. The standard InChI is InChI=1S/C25H21B/c1-26-25-17-23(20-10-6-3-7-11-20)16-24(18-25)22-14-12-21(13-15-22)19-8-4-2-5-9-19/h2-18,26H,1H3. The molecule has 26 heavy (non-hydrogen) atoms. The summed E-state index contributed by atoms with van der Waals surface area (Å²) in [4.78, 5) is 0. The first-order valence-corrected chi connectivity index (χ1v) is 9.19. The summed E-state index contributed by atoms with van der Waals surface area (Å²) >= 11 is 0. The molecular formula is C25H21B. The van der Waals surface area contributed by atoms with Crippen molar-refractivity contribution in [1.82, 2.24) is 0 Å². The second kappa shape index (κ2) is 7.45. The summed E-state index contributed by atoms with van der Waals surface area (Å²) in [5.41, 5.74) is 8.97. The average Bonchev–Trinajstić information content (AvgIpc) is 2.75. The molecule has 4 rings (SSSR count). The molecule has 0 aliphatic rings. The highest BCUT2D eigenvalue weighted by molar-refractivity contribution is 6.52. The molecule has 0 aromatic heterocycles. The van der Waals surface area contributed by atoms with Crippen LogP contribution in [-0.4, -0.2) is 7.28 Å². The van der Waals surface area contributed by atoms with Gasteiger partial charge in [-0.15, -0.1) is 0 Å². The van der Waals surface area contributed by atoms with Crippen molar-refractivity contribution in [3.63, 3.8) is 0 Å². The van der Waals surface area contributed by atoms with E-state index in [0.29, 0.717) is 0 Å². The third-order valence-electron chi connectivity index (χ3n) is 4.83. The molecule has 0 aliphatic carbocycles. The first kappa shape index (κ1) is 16.4. The molecule has 0 saturated carbocycles. The number of rotatable bonds is 4. The van der Waals surface area contributed by atoms with Gasteiger partial charge in [-0.1, -0.05) is 109 Å². The Labute approximate surface area is 156 Å². The van der Waals surface area contributed by atoms with Crippen LogP contribution in [0.4, 0.5) is 0 Å². The highest BCUT2D eigenvalue weighted by atomic mass is 14.1. The Morgan fingerprint density at radius 3 is 1.27 bits per heavy atom. The molecule has 0 unspecified atom stereocenters. The molecule has 0 radical (unpaired) electrons. The van der Waals surface area contributed by atoms with Gasteiger partial charge in [-0.05, 0) is 39.4 Å². The fourth-order valence-corrected chi connectivity index (χ4v) is 3.35. The normalized spacial score (nSPS) is 10.5. The van der Waals surface area contributed by atoms with Gasteiger partial charge in [-0.25, -0.2) is 0 Å². The largest absolute Gasteiger partial charge is 0.154 e. The van der Waals surface area contributed by atoms with Crippen LogP contribution in [0.1, 0.15) is 0 Å². The number of hydrogen-bond acceptors (Lipinski definition) is 0. The van der Waals surface area contributed by atoms with E-state index in [-0.39, 0.29) is 0 Å². The lowest BCUT2D eigenvalue weighted by Crippen LogP contribution is -2.10. The zero-order chi connectivity index (χ0) is 17.8. The maximum atomic E-state index is 2.31. The smallest absolute Gasteiger partial charge is 0.0849 e. The summed E-state index contributed by atoms with van der Waals surface area (Å²) in [5.74, 6) is 0. The average molecular weight is 332 g/mol. The Hall–Kier alpha value is -3.06. The third-order valence-corrected chi connectivity index (χ3v) is 4.83. The van der Waals surface area contributed by atoms with Crippen LogP contribution >= 0.6 is 0 Å². The van der Waals surface area contributed by atoms with Gasteiger partial charge in [0, 0.05) is 0 Å². The van der Waals surface area contributed by atoms with Gasteiger partial charge in [0.25, 0.3) is 0 Å². The van der Waals surface area contributed by atoms with Crippen molar-refractivity contribution in [2.45, 2.75) is 6.82 Å². The Balaban J connectivity index is 1.73. The molecule has 0 amide bonds. The van der Waals surface area contributed by atoms with Crippen LogP contribution in [0.25, 0.3) is 33.4 Å². The Kier molecular flexibility index (Phi) is 4.70. The van der Waals surface area contributed by atoms with Gasteiger partial charge in [0.1, 0.15) is 0 Å². The molecule has 0 nitrogen and oxygen atoms in total. The van der Waals surface area contributed by atoms with Crippen molar-refractivity contribution in [2.75, 3.05) is 0 Å². The van der Waals surface area contributed by atoms with Gasteiger partial charge in [-0.2, -0.15) is 0 Å². The summed E-state index contributed by atoms with van der Waals surface area (Å²) in [7, 11) is 1.04. The van der Waals surface area contributed by atoms with E-state index >= 15 is 0 Å². The predicted octanol–water partition coefficient (Wildman–Crippen LogP) is 5.80. The van der Waals surface area contributed by atoms with Gasteiger partial charge in [-0.3, -0.25) is 0 Å². The van der Waals surface area contributed by atoms with Crippen molar-refractivity contribution in [3.05, 3.63) is 103 Å². The minimum Gasteiger partial charge on any atom is -0.0849 e. The zero-order valence-corrected chi connectivity index (χ0v) is 15.0. The minimum absolute atomic E-state index is 1.04. The highest BCUT2D eigenvalue weighted by Crippen LogP contribution is 2.28.